The molecule has 0 amide bonds. The molecule has 1 saturated carbocycles. The van der Waals surface area contributed by atoms with Gasteiger partial charge in [-0.2, -0.15) is 0 Å². The minimum Gasteiger partial charge on any atom is -0.223 e. The Morgan fingerprint density at radius 1 is 1.31 bits per heavy atom. The van der Waals surface area contributed by atoms with E-state index in [2.05, 4.69) is 6.92 Å². The summed E-state index contributed by atoms with van der Waals surface area (Å²) in [5.41, 5.74) is -0.0769. The van der Waals surface area contributed by atoms with Crippen molar-refractivity contribution in [1.82, 2.24) is 0 Å². The fourth-order valence-electron chi connectivity index (χ4n) is 2.33. The second-order valence-corrected chi connectivity index (χ2v) is 7.26. The van der Waals surface area contributed by atoms with Crippen LogP contribution in [0.2, 0.25) is 0 Å². The first-order valence-electron chi connectivity index (χ1n) is 5.56. The lowest BCUT2D eigenvalue weighted by atomic mass is 9.92. The van der Waals surface area contributed by atoms with Gasteiger partial charge >= 0.3 is 0 Å². The molecular weight excluding hydrogens is 220 g/mol. The maximum atomic E-state index is 12.3. The zero-order valence-corrected chi connectivity index (χ0v) is 10.3. The van der Waals surface area contributed by atoms with Gasteiger partial charge in [-0.25, -0.2) is 8.42 Å². The molecule has 0 spiro atoms. The molecule has 0 heterocycles. The summed E-state index contributed by atoms with van der Waals surface area (Å²) in [5, 5.41) is -0.252. The average molecular weight is 237 g/mol. The summed E-state index contributed by atoms with van der Waals surface area (Å²) in [6, 6.07) is 8.72. The quantitative estimate of drug-likeness (QED) is 0.792. The molecule has 2 rings (SSSR count). The van der Waals surface area contributed by atoms with Crippen molar-refractivity contribution in [2.45, 2.75) is 36.3 Å². The predicted molar refractivity (Wildman–Crippen MR) is 64.7 cm³/mol. The third-order valence-corrected chi connectivity index (χ3v) is 5.51. The number of hydrogen-bond donors (Lipinski definition) is 0. The highest BCUT2D eigenvalue weighted by atomic mass is 32.2. The third-order valence-electron chi connectivity index (χ3n) is 3.30. The molecule has 16 heavy (non-hydrogen) atoms. The summed E-state index contributed by atoms with van der Waals surface area (Å²) < 4.78 is 24.6. The van der Waals surface area contributed by atoms with Gasteiger partial charge in [0.25, 0.3) is 0 Å². The lowest BCUT2D eigenvalue weighted by Crippen LogP contribution is -2.20. The van der Waals surface area contributed by atoms with Gasteiger partial charge in [0.1, 0.15) is 0 Å². The molecule has 87 valence electrons. The van der Waals surface area contributed by atoms with Crippen molar-refractivity contribution in [2.75, 3.05) is 0 Å². The molecule has 0 aromatic heterocycles. The first-order valence-corrected chi connectivity index (χ1v) is 7.11. The second kappa shape index (κ2) is 3.88. The van der Waals surface area contributed by atoms with E-state index < -0.39 is 9.84 Å². The Balaban J connectivity index is 2.28. The first-order chi connectivity index (χ1) is 7.42. The van der Waals surface area contributed by atoms with Crippen molar-refractivity contribution >= 4 is 9.84 Å². The lowest BCUT2D eigenvalue weighted by molar-refractivity contribution is 0.440. The number of benzene rings is 1. The fraction of sp³-hybridized carbons (Fsp3) is 0.462. The van der Waals surface area contributed by atoms with Crippen LogP contribution in [0.3, 0.4) is 0 Å². The molecular formula is C13H17O2S. The van der Waals surface area contributed by atoms with E-state index in [0.717, 1.165) is 12.8 Å². The van der Waals surface area contributed by atoms with Crippen molar-refractivity contribution in [1.29, 1.82) is 0 Å². The van der Waals surface area contributed by atoms with E-state index in [0.29, 0.717) is 11.3 Å². The van der Waals surface area contributed by atoms with Crippen LogP contribution < -0.4 is 0 Å². The normalized spacial score (nSPS) is 24.5. The molecule has 1 aromatic rings. The van der Waals surface area contributed by atoms with Crippen LogP contribution in [-0.4, -0.2) is 13.7 Å². The van der Waals surface area contributed by atoms with Crippen molar-refractivity contribution < 1.29 is 8.42 Å². The van der Waals surface area contributed by atoms with Gasteiger partial charge in [0.15, 0.2) is 9.84 Å². The first kappa shape index (κ1) is 11.6. The maximum absolute atomic E-state index is 12.3. The Labute approximate surface area is 97.6 Å². The maximum Gasteiger partial charge on any atom is 0.181 e. The lowest BCUT2D eigenvalue weighted by Gasteiger charge is -2.17. The van der Waals surface area contributed by atoms with Crippen LogP contribution in [-0.2, 0) is 9.84 Å². The number of hydrogen-bond acceptors (Lipinski definition) is 2. The standard InChI is InChI=1S/C13H17O2S/c1-13(2)9-8-12(10-13)16(14,15)11-6-4-3-5-7-11/h3-7,12H,1,8-10H2,2H3. The summed E-state index contributed by atoms with van der Waals surface area (Å²) in [6.45, 7) is 6.10. The smallest absolute Gasteiger partial charge is 0.181 e. The Kier molecular flexibility index (Phi) is 2.82. The van der Waals surface area contributed by atoms with Crippen molar-refractivity contribution in [3.8, 4) is 0 Å². The predicted octanol–water partition coefficient (Wildman–Crippen LogP) is 2.85. The summed E-state index contributed by atoms with van der Waals surface area (Å²) in [4.78, 5) is 0.442. The molecule has 1 radical (unpaired) electrons. The van der Waals surface area contributed by atoms with Gasteiger partial charge in [-0.15, -0.1) is 0 Å². The molecule has 2 atom stereocenters. The second-order valence-electron chi connectivity index (χ2n) is 5.03. The van der Waals surface area contributed by atoms with Gasteiger partial charge in [0, 0.05) is 0 Å². The van der Waals surface area contributed by atoms with Gasteiger partial charge in [-0.3, -0.25) is 0 Å². The zero-order chi connectivity index (χ0) is 11.8. The van der Waals surface area contributed by atoms with E-state index in [-0.39, 0.29) is 10.7 Å². The topological polar surface area (TPSA) is 34.1 Å². The highest BCUT2D eigenvalue weighted by Gasteiger charge is 2.39. The van der Waals surface area contributed by atoms with Crippen molar-refractivity contribution in [3.05, 3.63) is 37.3 Å². The molecule has 2 unspecified atom stereocenters. The molecule has 0 saturated heterocycles. The zero-order valence-electron chi connectivity index (χ0n) is 9.52. The van der Waals surface area contributed by atoms with Gasteiger partial charge < -0.3 is 0 Å². The molecule has 3 heteroatoms. The minimum absolute atomic E-state index is 0.0769. The van der Waals surface area contributed by atoms with Crippen LogP contribution in [0.25, 0.3) is 0 Å². The monoisotopic (exact) mass is 237 g/mol. The van der Waals surface area contributed by atoms with E-state index in [1.807, 2.05) is 13.0 Å². The summed E-state index contributed by atoms with van der Waals surface area (Å²) >= 11 is 0. The van der Waals surface area contributed by atoms with E-state index in [9.17, 15) is 8.42 Å². The van der Waals surface area contributed by atoms with Crippen LogP contribution in [0.1, 0.15) is 26.2 Å². The average Bonchev–Trinajstić information content (AvgIpc) is 2.61. The van der Waals surface area contributed by atoms with Crippen LogP contribution in [0.4, 0.5) is 0 Å². The van der Waals surface area contributed by atoms with Crippen LogP contribution in [0.5, 0.6) is 0 Å². The Morgan fingerprint density at radius 3 is 2.44 bits per heavy atom. The summed E-state index contributed by atoms with van der Waals surface area (Å²) in [6.07, 6.45) is 2.30. The van der Waals surface area contributed by atoms with Gasteiger partial charge in [0.05, 0.1) is 10.1 Å². The Hall–Kier alpha value is -0.830. The highest BCUT2D eigenvalue weighted by molar-refractivity contribution is 7.92. The van der Waals surface area contributed by atoms with E-state index in [1.165, 1.54) is 0 Å². The Bertz CT molecular complexity index is 460. The molecule has 0 N–H and O–H groups in total. The summed E-state index contributed by atoms with van der Waals surface area (Å²) in [5.74, 6) is 0. The van der Waals surface area contributed by atoms with E-state index >= 15 is 0 Å². The van der Waals surface area contributed by atoms with Gasteiger partial charge in [0.2, 0.25) is 0 Å². The van der Waals surface area contributed by atoms with Crippen LogP contribution in [0.15, 0.2) is 35.2 Å². The Morgan fingerprint density at radius 2 is 1.94 bits per heavy atom. The molecule has 0 bridgehead atoms. The van der Waals surface area contributed by atoms with Crippen molar-refractivity contribution in [3.63, 3.8) is 0 Å². The minimum atomic E-state index is -3.15. The van der Waals surface area contributed by atoms with E-state index in [1.54, 1.807) is 24.3 Å². The molecule has 2 nitrogen and oxygen atoms in total. The molecule has 1 aliphatic rings. The molecule has 0 aliphatic heterocycles. The molecule has 1 aliphatic carbocycles. The summed E-state index contributed by atoms with van der Waals surface area (Å²) in [7, 11) is -3.15. The van der Waals surface area contributed by atoms with E-state index in [4.69, 9.17) is 0 Å². The van der Waals surface area contributed by atoms with Crippen LogP contribution >= 0.6 is 0 Å². The number of sulfone groups is 1. The van der Waals surface area contributed by atoms with Crippen molar-refractivity contribution in [2.24, 2.45) is 5.41 Å². The van der Waals surface area contributed by atoms with Gasteiger partial charge in [-0.05, 0) is 43.7 Å². The van der Waals surface area contributed by atoms with Gasteiger partial charge in [-0.1, -0.05) is 25.1 Å². The molecule has 1 aromatic carbocycles. The molecule has 1 fully saturated rings. The van der Waals surface area contributed by atoms with Crippen LogP contribution in [0, 0.1) is 12.3 Å². The highest BCUT2D eigenvalue weighted by Crippen LogP contribution is 2.41. The fourth-order valence-corrected chi connectivity index (χ4v) is 4.30. The largest absolute Gasteiger partial charge is 0.223 e. The number of rotatable bonds is 2. The third kappa shape index (κ3) is 2.14. The SMILES string of the molecule is [CH2]C1(C)CCC(S(=O)(=O)c2ccccc2)C1.